The average Bonchev–Trinajstić information content (AvgIpc) is 1.85. The molecule has 0 aliphatic rings. The zero-order valence-corrected chi connectivity index (χ0v) is 8.08. The fourth-order valence-corrected chi connectivity index (χ4v) is 1.69. The van der Waals surface area contributed by atoms with Gasteiger partial charge in [-0.25, -0.2) is 0 Å². The minimum atomic E-state index is -3.72. The van der Waals surface area contributed by atoms with Gasteiger partial charge < -0.3 is 0 Å². The normalized spacial score (nSPS) is 13.5. The molecule has 70 valence electrons. The Labute approximate surface area is 68.7 Å². The molecule has 0 atom stereocenters. The third kappa shape index (κ3) is 10.3. The zero-order chi connectivity index (χ0) is 8.74. The van der Waals surface area contributed by atoms with E-state index in [-0.39, 0.29) is 6.16 Å². The van der Waals surface area contributed by atoms with Gasteiger partial charge in [-0.1, -0.05) is 0 Å². The Kier molecular flexibility index (Phi) is 6.06. The third-order valence-corrected chi connectivity index (χ3v) is 2.64. The van der Waals surface area contributed by atoms with E-state index in [0.29, 0.717) is 0 Å². The summed E-state index contributed by atoms with van der Waals surface area (Å²) in [7, 11) is -3.72. The molecule has 0 bridgehead atoms. The van der Waals surface area contributed by atoms with Crippen LogP contribution in [0, 0.1) is 0 Å². The van der Waals surface area contributed by atoms with Crippen molar-refractivity contribution < 1.29 is 14.7 Å². The van der Waals surface area contributed by atoms with Crippen LogP contribution >= 0.6 is 7.94 Å². The molecule has 0 saturated heterocycles. The Balaban J connectivity index is 3.02. The Morgan fingerprint density at radius 1 is 0.909 bits per heavy atom. The summed E-state index contributed by atoms with van der Waals surface area (Å²) in [6, 6.07) is 0. The van der Waals surface area contributed by atoms with Crippen molar-refractivity contribution in [3.05, 3.63) is 0 Å². The first kappa shape index (κ1) is 11.3. The summed E-state index contributed by atoms with van der Waals surface area (Å²) in [5, 5.41) is 0. The molecule has 3 nitrogen and oxygen atoms in total. The molecule has 0 spiro atoms. The SMILES string of the molecule is CCCCCCC[PH](O)(O)O. The van der Waals surface area contributed by atoms with Gasteiger partial charge in [-0.2, -0.15) is 0 Å². The second-order valence-corrected chi connectivity index (χ2v) is 4.99. The molecule has 0 amide bonds. The summed E-state index contributed by atoms with van der Waals surface area (Å²) in [6.07, 6.45) is 5.41. The van der Waals surface area contributed by atoms with Crippen LogP contribution in [0.5, 0.6) is 0 Å². The van der Waals surface area contributed by atoms with Crippen molar-refractivity contribution in [1.29, 1.82) is 0 Å². The first-order valence-corrected chi connectivity index (χ1v) is 6.28. The van der Waals surface area contributed by atoms with Gasteiger partial charge in [0.05, 0.1) is 0 Å². The summed E-state index contributed by atoms with van der Waals surface area (Å²) >= 11 is 0. The van der Waals surface area contributed by atoms with E-state index in [2.05, 4.69) is 6.92 Å². The molecular weight excluding hydrogens is 163 g/mol. The van der Waals surface area contributed by atoms with Crippen LogP contribution in [0.1, 0.15) is 39.0 Å². The predicted molar refractivity (Wildman–Crippen MR) is 48.6 cm³/mol. The predicted octanol–water partition coefficient (Wildman–Crippen LogP) is 1.43. The van der Waals surface area contributed by atoms with Gasteiger partial charge in [0, 0.05) is 0 Å². The first-order chi connectivity index (χ1) is 5.06. The standard InChI is InChI=1S/C7H19O3P/c1-2-3-4-5-6-7-11(8,9)10/h8-11H,2-7H2,1H3. The Morgan fingerprint density at radius 2 is 1.45 bits per heavy atom. The molecule has 0 heterocycles. The number of hydrogen-bond donors (Lipinski definition) is 3. The third-order valence-electron chi connectivity index (χ3n) is 1.62. The van der Waals surface area contributed by atoms with E-state index in [0.717, 1.165) is 19.3 Å². The van der Waals surface area contributed by atoms with E-state index >= 15 is 0 Å². The maximum atomic E-state index is 8.62. The summed E-state index contributed by atoms with van der Waals surface area (Å²) in [4.78, 5) is 25.9. The van der Waals surface area contributed by atoms with Crippen LogP contribution in [0.4, 0.5) is 0 Å². The van der Waals surface area contributed by atoms with E-state index in [9.17, 15) is 0 Å². The zero-order valence-electron chi connectivity index (χ0n) is 7.08. The van der Waals surface area contributed by atoms with Gasteiger partial charge in [0.2, 0.25) is 0 Å². The van der Waals surface area contributed by atoms with E-state index in [1.807, 2.05) is 0 Å². The minimum absolute atomic E-state index is 0.191. The Morgan fingerprint density at radius 3 is 1.91 bits per heavy atom. The molecule has 0 radical (unpaired) electrons. The van der Waals surface area contributed by atoms with Crippen molar-refractivity contribution in [1.82, 2.24) is 0 Å². The summed E-state index contributed by atoms with van der Waals surface area (Å²) in [5.41, 5.74) is 0. The topological polar surface area (TPSA) is 60.7 Å². The molecule has 11 heavy (non-hydrogen) atoms. The molecule has 0 fully saturated rings. The number of rotatable bonds is 6. The van der Waals surface area contributed by atoms with Crippen LogP contribution in [-0.2, 0) is 0 Å². The summed E-state index contributed by atoms with van der Waals surface area (Å²) in [5.74, 6) is 0. The van der Waals surface area contributed by atoms with Crippen LogP contribution in [0.3, 0.4) is 0 Å². The number of hydrogen-bond acceptors (Lipinski definition) is 3. The van der Waals surface area contributed by atoms with Crippen molar-refractivity contribution in [2.24, 2.45) is 0 Å². The first-order valence-electron chi connectivity index (χ1n) is 4.23. The van der Waals surface area contributed by atoms with E-state index in [1.165, 1.54) is 12.8 Å². The molecule has 3 N–H and O–H groups in total. The second kappa shape index (κ2) is 5.90. The van der Waals surface area contributed by atoms with Gasteiger partial charge >= 0.3 is 67.8 Å². The average molecular weight is 182 g/mol. The maximum absolute atomic E-state index is 8.62. The fraction of sp³-hybridized carbons (Fsp3) is 1.00. The van der Waals surface area contributed by atoms with Crippen molar-refractivity contribution in [2.75, 3.05) is 6.16 Å². The van der Waals surface area contributed by atoms with Crippen LogP contribution in [0.25, 0.3) is 0 Å². The molecule has 0 aromatic rings. The molecule has 0 aliphatic carbocycles. The van der Waals surface area contributed by atoms with E-state index in [1.54, 1.807) is 0 Å². The van der Waals surface area contributed by atoms with Gasteiger partial charge in [0.15, 0.2) is 0 Å². The van der Waals surface area contributed by atoms with E-state index < -0.39 is 7.94 Å². The molecular formula is C7H19O3P. The molecule has 0 unspecified atom stereocenters. The van der Waals surface area contributed by atoms with Gasteiger partial charge in [-0.05, 0) is 0 Å². The summed E-state index contributed by atoms with van der Waals surface area (Å²) in [6.45, 7) is 2.13. The van der Waals surface area contributed by atoms with Crippen LogP contribution in [0.15, 0.2) is 0 Å². The Bertz CT molecular complexity index is 90.2. The van der Waals surface area contributed by atoms with Crippen LogP contribution in [-0.4, -0.2) is 20.8 Å². The Hall–Kier alpha value is 0.310. The van der Waals surface area contributed by atoms with Crippen LogP contribution < -0.4 is 0 Å². The second-order valence-electron chi connectivity index (χ2n) is 2.94. The number of unbranched alkanes of at least 4 members (excludes halogenated alkanes) is 4. The molecule has 0 aliphatic heterocycles. The van der Waals surface area contributed by atoms with Gasteiger partial charge in [-0.15, -0.1) is 0 Å². The van der Waals surface area contributed by atoms with Crippen LogP contribution in [0.2, 0.25) is 0 Å². The van der Waals surface area contributed by atoms with Gasteiger partial charge in [0.25, 0.3) is 0 Å². The monoisotopic (exact) mass is 182 g/mol. The molecule has 0 aromatic carbocycles. The van der Waals surface area contributed by atoms with Crippen molar-refractivity contribution in [2.45, 2.75) is 39.0 Å². The molecule has 0 aromatic heterocycles. The fourth-order valence-electron chi connectivity index (χ4n) is 0.966. The molecule has 0 rings (SSSR count). The van der Waals surface area contributed by atoms with Crippen molar-refractivity contribution >= 4 is 7.94 Å². The van der Waals surface area contributed by atoms with E-state index in [4.69, 9.17) is 14.7 Å². The van der Waals surface area contributed by atoms with Crippen molar-refractivity contribution in [3.8, 4) is 0 Å². The van der Waals surface area contributed by atoms with Crippen molar-refractivity contribution in [3.63, 3.8) is 0 Å². The molecule has 0 saturated carbocycles. The van der Waals surface area contributed by atoms with Gasteiger partial charge in [0.1, 0.15) is 0 Å². The summed E-state index contributed by atoms with van der Waals surface area (Å²) < 4.78 is 0. The van der Waals surface area contributed by atoms with Gasteiger partial charge in [-0.3, -0.25) is 0 Å². The quantitative estimate of drug-likeness (QED) is 0.430. The molecule has 4 heteroatoms.